The summed E-state index contributed by atoms with van der Waals surface area (Å²) in [5.41, 5.74) is 4.18. The smallest absolute Gasteiger partial charge is 0.322 e. The molecule has 1 aliphatic rings. The van der Waals surface area contributed by atoms with Crippen LogP contribution in [0.4, 0.5) is 4.79 Å². The number of aromatic nitrogens is 3. The molecule has 10 heteroatoms. The van der Waals surface area contributed by atoms with Crippen LogP contribution in [-0.4, -0.2) is 43.2 Å². The third-order valence-electron chi connectivity index (χ3n) is 5.59. The average Bonchev–Trinajstić information content (AvgIpc) is 3.25. The predicted octanol–water partition coefficient (Wildman–Crippen LogP) is 2.89. The van der Waals surface area contributed by atoms with Gasteiger partial charge in [0, 0.05) is 5.56 Å². The molecule has 4 amide bonds. The number of rotatable bonds is 7. The number of aromatic amines is 1. The molecule has 1 atom stereocenters. The average molecular weight is 465 g/mol. The molecule has 2 aromatic carbocycles. The first-order chi connectivity index (χ1) is 15.8. The topological polar surface area (TPSA) is 112 Å². The van der Waals surface area contributed by atoms with Crippen LogP contribution in [0.5, 0.6) is 0 Å². The first-order valence-corrected chi connectivity index (χ1v) is 10.9. The Hall–Kier alpha value is -3.79. The van der Waals surface area contributed by atoms with E-state index >= 15 is 0 Å². The van der Waals surface area contributed by atoms with E-state index in [9.17, 15) is 14.4 Å². The molecule has 1 fully saturated rings. The van der Waals surface area contributed by atoms with Crippen molar-refractivity contribution >= 4 is 30.1 Å². The second kappa shape index (κ2) is 8.99. The van der Waals surface area contributed by atoms with Crippen LogP contribution in [0.3, 0.4) is 0 Å². The number of hydrogen-bond acceptors (Lipinski definition) is 5. The molecule has 0 aliphatic carbocycles. The van der Waals surface area contributed by atoms with E-state index in [1.165, 1.54) is 4.57 Å². The first kappa shape index (κ1) is 22.4. The van der Waals surface area contributed by atoms with Gasteiger partial charge in [-0.25, -0.2) is 4.79 Å². The number of hydrazine groups is 1. The summed E-state index contributed by atoms with van der Waals surface area (Å²) < 4.78 is 1.78. The largest absolute Gasteiger partial charge is 0.344 e. The molecule has 1 saturated heterocycles. The molecular weight excluding hydrogens is 440 g/mol. The van der Waals surface area contributed by atoms with Crippen LogP contribution in [0.25, 0.3) is 11.4 Å². The monoisotopic (exact) mass is 464 g/mol. The van der Waals surface area contributed by atoms with Gasteiger partial charge in [-0.15, -0.1) is 0 Å². The lowest BCUT2D eigenvalue weighted by Gasteiger charge is -2.21. The quantitative estimate of drug-likeness (QED) is 0.368. The van der Waals surface area contributed by atoms with E-state index < -0.39 is 23.4 Å². The fourth-order valence-electron chi connectivity index (χ4n) is 3.77. The number of carbonyl (C=O) groups is 3. The van der Waals surface area contributed by atoms with Crippen LogP contribution >= 0.6 is 12.2 Å². The summed E-state index contributed by atoms with van der Waals surface area (Å²) in [7, 11) is 0. The fourth-order valence-corrected chi connectivity index (χ4v) is 3.96. The molecule has 0 radical (unpaired) electrons. The van der Waals surface area contributed by atoms with Gasteiger partial charge in [0.05, 0.1) is 0 Å². The highest BCUT2D eigenvalue weighted by Gasteiger charge is 2.48. The zero-order valence-corrected chi connectivity index (χ0v) is 19.1. The van der Waals surface area contributed by atoms with E-state index in [0.717, 1.165) is 21.7 Å². The van der Waals surface area contributed by atoms with E-state index in [1.54, 1.807) is 6.92 Å². The molecule has 4 rings (SSSR count). The van der Waals surface area contributed by atoms with Gasteiger partial charge >= 0.3 is 6.03 Å². The number of carbonyl (C=O) groups excluding carboxylic acids is 3. The minimum Gasteiger partial charge on any atom is -0.322 e. The highest BCUT2D eigenvalue weighted by Crippen LogP contribution is 2.23. The summed E-state index contributed by atoms with van der Waals surface area (Å²) >= 11 is 5.28. The second-order valence-electron chi connectivity index (χ2n) is 8.23. The van der Waals surface area contributed by atoms with Crippen molar-refractivity contribution in [1.82, 2.24) is 30.5 Å². The third kappa shape index (κ3) is 4.70. The van der Waals surface area contributed by atoms with E-state index in [2.05, 4.69) is 20.9 Å². The Morgan fingerprint density at radius 2 is 1.91 bits per heavy atom. The third-order valence-corrected chi connectivity index (χ3v) is 5.90. The molecule has 33 heavy (non-hydrogen) atoms. The number of urea groups is 1. The minimum absolute atomic E-state index is 0.212. The minimum atomic E-state index is -1.11. The van der Waals surface area contributed by atoms with Crippen molar-refractivity contribution in [2.24, 2.45) is 0 Å². The van der Waals surface area contributed by atoms with Crippen molar-refractivity contribution in [2.75, 3.05) is 0 Å². The number of hydrogen-bond donors (Lipinski definition) is 3. The molecule has 0 saturated carbocycles. The standard InChI is InChI=1S/C23H24N6O3S/c1-15-7-6-10-17(13-15)19-25-26-22(33)28(19)14-18(30)27-29-20(31)23(2,24-21(29)32)12-11-16-8-4-3-5-9-16/h3-10,13H,11-12,14H2,1-2H3,(H,24,32)(H,26,33)(H,27,30)/t23-/m0/s1. The van der Waals surface area contributed by atoms with Crippen molar-refractivity contribution in [1.29, 1.82) is 0 Å². The van der Waals surface area contributed by atoms with Crippen LogP contribution in [0.2, 0.25) is 0 Å². The van der Waals surface area contributed by atoms with Gasteiger partial charge < -0.3 is 5.32 Å². The molecule has 1 aliphatic heterocycles. The van der Waals surface area contributed by atoms with E-state index in [4.69, 9.17) is 12.2 Å². The lowest BCUT2D eigenvalue weighted by molar-refractivity contribution is -0.139. The zero-order chi connectivity index (χ0) is 23.6. The Bertz CT molecular complexity index is 1270. The lowest BCUT2D eigenvalue weighted by Crippen LogP contribution is -2.49. The maximum absolute atomic E-state index is 13.0. The van der Waals surface area contributed by atoms with Crippen LogP contribution in [0, 0.1) is 11.7 Å². The Morgan fingerprint density at radius 3 is 2.64 bits per heavy atom. The molecule has 9 nitrogen and oxygen atoms in total. The van der Waals surface area contributed by atoms with Crippen molar-refractivity contribution in [3.8, 4) is 11.4 Å². The highest BCUT2D eigenvalue weighted by atomic mass is 32.1. The van der Waals surface area contributed by atoms with Gasteiger partial charge in [0.25, 0.3) is 11.8 Å². The van der Waals surface area contributed by atoms with Crippen LogP contribution < -0.4 is 10.7 Å². The molecule has 3 N–H and O–H groups in total. The van der Waals surface area contributed by atoms with Crippen LogP contribution in [0.15, 0.2) is 54.6 Å². The number of H-pyrrole nitrogens is 1. The number of benzene rings is 2. The molecule has 1 aromatic heterocycles. The number of nitrogens with one attached hydrogen (secondary N) is 3. The van der Waals surface area contributed by atoms with Gasteiger partial charge in [0.1, 0.15) is 12.1 Å². The number of nitrogens with zero attached hydrogens (tertiary/aromatic N) is 3. The Labute approximate surface area is 195 Å². The van der Waals surface area contributed by atoms with Gasteiger partial charge in [-0.1, -0.05) is 54.1 Å². The maximum atomic E-state index is 13.0. The second-order valence-corrected chi connectivity index (χ2v) is 8.62. The predicted molar refractivity (Wildman–Crippen MR) is 124 cm³/mol. The molecule has 170 valence electrons. The van der Waals surface area contributed by atoms with E-state index in [-0.39, 0.29) is 11.3 Å². The van der Waals surface area contributed by atoms with Crippen molar-refractivity contribution < 1.29 is 14.4 Å². The molecule has 0 bridgehead atoms. The summed E-state index contributed by atoms with van der Waals surface area (Å²) in [6.07, 6.45) is 1.01. The summed E-state index contributed by atoms with van der Waals surface area (Å²) in [6.45, 7) is 3.40. The van der Waals surface area contributed by atoms with E-state index in [1.807, 2.05) is 61.5 Å². The summed E-state index contributed by atoms with van der Waals surface area (Å²) in [5.74, 6) is -0.590. The van der Waals surface area contributed by atoms with Crippen LogP contribution in [-0.2, 0) is 22.6 Å². The molecule has 2 heterocycles. The fraction of sp³-hybridized carbons (Fsp3) is 0.261. The normalized spacial score (nSPS) is 17.8. The SMILES string of the molecule is Cc1cccc(-c2n[nH]c(=S)n2CC(=O)NN2C(=O)N[C@@](C)(CCc3ccccc3)C2=O)c1. The van der Waals surface area contributed by atoms with Crippen molar-refractivity contribution in [3.05, 3.63) is 70.5 Å². The van der Waals surface area contributed by atoms with Crippen molar-refractivity contribution in [2.45, 2.75) is 38.8 Å². The first-order valence-electron chi connectivity index (χ1n) is 10.5. The summed E-state index contributed by atoms with van der Waals surface area (Å²) in [4.78, 5) is 38.2. The number of amides is 4. The summed E-state index contributed by atoms with van der Waals surface area (Å²) in [5, 5.41) is 10.4. The Balaban J connectivity index is 1.45. The Kier molecular flexibility index (Phi) is 6.10. The molecule has 0 unspecified atom stereocenters. The van der Waals surface area contributed by atoms with Crippen molar-refractivity contribution in [3.63, 3.8) is 0 Å². The maximum Gasteiger partial charge on any atom is 0.344 e. The van der Waals surface area contributed by atoms with Gasteiger partial charge in [-0.3, -0.25) is 24.7 Å². The highest BCUT2D eigenvalue weighted by molar-refractivity contribution is 7.71. The molecular formula is C23H24N6O3S. The van der Waals surface area contributed by atoms with Gasteiger partial charge in [0.15, 0.2) is 10.6 Å². The number of imide groups is 1. The van der Waals surface area contributed by atoms with E-state index in [0.29, 0.717) is 18.7 Å². The van der Waals surface area contributed by atoms with Crippen LogP contribution in [0.1, 0.15) is 24.5 Å². The lowest BCUT2D eigenvalue weighted by atomic mass is 9.93. The van der Waals surface area contributed by atoms with Gasteiger partial charge in [-0.05, 0) is 50.5 Å². The van der Waals surface area contributed by atoms with Gasteiger partial charge in [0.2, 0.25) is 0 Å². The zero-order valence-electron chi connectivity index (χ0n) is 18.3. The molecule has 3 aromatic rings. The van der Waals surface area contributed by atoms with Gasteiger partial charge in [-0.2, -0.15) is 10.1 Å². The Morgan fingerprint density at radius 1 is 1.15 bits per heavy atom. The number of aryl methyl sites for hydroxylation is 2. The summed E-state index contributed by atoms with van der Waals surface area (Å²) in [6, 6.07) is 16.6. The molecule has 0 spiro atoms.